The van der Waals surface area contributed by atoms with Crippen molar-refractivity contribution in [1.82, 2.24) is 5.32 Å². The average molecular weight is 356 g/mol. The van der Waals surface area contributed by atoms with E-state index in [4.69, 9.17) is 14.6 Å². The average Bonchev–Trinajstić information content (AvgIpc) is 3.28. The molecule has 1 saturated carbocycles. The summed E-state index contributed by atoms with van der Waals surface area (Å²) in [5, 5.41) is 11.7. The predicted octanol–water partition coefficient (Wildman–Crippen LogP) is 1.81. The Hall–Kier alpha value is -1.76. The number of fused-ring (bicyclic) bond motifs is 1. The van der Waals surface area contributed by atoms with Gasteiger partial charge in [-0.05, 0) is 46.8 Å². The topological polar surface area (TPSA) is 84.9 Å². The molecule has 1 aliphatic heterocycles. The molecule has 7 heteroatoms. The first kappa shape index (κ1) is 14.2. The van der Waals surface area contributed by atoms with Gasteiger partial charge in [0.15, 0.2) is 11.5 Å². The van der Waals surface area contributed by atoms with Gasteiger partial charge in [-0.25, -0.2) is 4.79 Å². The van der Waals surface area contributed by atoms with E-state index in [1.807, 2.05) is 0 Å². The molecule has 1 unspecified atom stereocenters. The van der Waals surface area contributed by atoms with Crippen LogP contribution in [0.2, 0.25) is 0 Å². The van der Waals surface area contributed by atoms with Crippen LogP contribution in [0.15, 0.2) is 16.6 Å². The van der Waals surface area contributed by atoms with Gasteiger partial charge in [-0.1, -0.05) is 0 Å². The van der Waals surface area contributed by atoms with Crippen LogP contribution in [0, 0.1) is 5.92 Å². The van der Waals surface area contributed by atoms with E-state index in [1.165, 1.54) is 0 Å². The molecule has 112 valence electrons. The maximum absolute atomic E-state index is 12.2. The van der Waals surface area contributed by atoms with Crippen molar-refractivity contribution >= 4 is 27.8 Å². The fourth-order valence-electron chi connectivity index (χ4n) is 2.28. The van der Waals surface area contributed by atoms with Crippen molar-refractivity contribution in [3.05, 3.63) is 22.2 Å². The number of carboxylic acid groups (broad SMARTS) is 1. The minimum absolute atomic E-state index is 0.0344. The summed E-state index contributed by atoms with van der Waals surface area (Å²) in [4.78, 5) is 23.4. The number of nitrogens with one attached hydrogen (secondary N) is 1. The first-order chi connectivity index (χ1) is 10.1. The first-order valence-electron chi connectivity index (χ1n) is 6.69. The van der Waals surface area contributed by atoms with E-state index in [2.05, 4.69) is 21.2 Å². The number of halogens is 1. The fourth-order valence-corrected chi connectivity index (χ4v) is 2.83. The molecule has 1 atom stereocenters. The Kier molecular flexibility index (Phi) is 3.75. The third-order valence-electron chi connectivity index (χ3n) is 3.51. The smallest absolute Gasteiger partial charge is 0.326 e. The van der Waals surface area contributed by atoms with E-state index in [1.54, 1.807) is 12.1 Å². The Morgan fingerprint density at radius 3 is 2.67 bits per heavy atom. The number of benzene rings is 1. The molecule has 1 aromatic rings. The molecule has 6 nitrogen and oxygen atoms in total. The van der Waals surface area contributed by atoms with Gasteiger partial charge in [0.25, 0.3) is 5.91 Å². The minimum atomic E-state index is -0.998. The Morgan fingerprint density at radius 1 is 1.29 bits per heavy atom. The highest BCUT2D eigenvalue weighted by molar-refractivity contribution is 9.10. The van der Waals surface area contributed by atoms with Gasteiger partial charge in [-0.2, -0.15) is 0 Å². The largest absolute Gasteiger partial charge is 0.486 e. The predicted molar refractivity (Wildman–Crippen MR) is 76.7 cm³/mol. The number of hydrogen-bond acceptors (Lipinski definition) is 4. The van der Waals surface area contributed by atoms with Crippen molar-refractivity contribution in [2.75, 3.05) is 13.2 Å². The van der Waals surface area contributed by atoms with E-state index < -0.39 is 17.9 Å². The molecule has 3 rings (SSSR count). The molecule has 0 saturated heterocycles. The minimum Gasteiger partial charge on any atom is -0.486 e. The van der Waals surface area contributed by atoms with Gasteiger partial charge in [-0.15, -0.1) is 0 Å². The van der Waals surface area contributed by atoms with E-state index in [9.17, 15) is 9.59 Å². The lowest BCUT2D eigenvalue weighted by atomic mass is 10.1. The Labute approximate surface area is 129 Å². The lowest BCUT2D eigenvalue weighted by Crippen LogP contribution is -2.42. The van der Waals surface area contributed by atoms with Crippen LogP contribution in [0.1, 0.15) is 23.2 Å². The van der Waals surface area contributed by atoms with Crippen LogP contribution in [0.25, 0.3) is 0 Å². The summed E-state index contributed by atoms with van der Waals surface area (Å²) in [6, 6.07) is 2.35. The lowest BCUT2D eigenvalue weighted by molar-refractivity contribution is -0.139. The van der Waals surface area contributed by atoms with Crippen LogP contribution < -0.4 is 14.8 Å². The summed E-state index contributed by atoms with van der Waals surface area (Å²) in [5.41, 5.74) is 0.345. The van der Waals surface area contributed by atoms with Crippen LogP contribution in [0.3, 0.4) is 0 Å². The van der Waals surface area contributed by atoms with Crippen molar-refractivity contribution in [2.24, 2.45) is 5.92 Å². The Balaban J connectivity index is 1.81. The summed E-state index contributed by atoms with van der Waals surface area (Å²) in [6.45, 7) is 0.879. The molecule has 2 aliphatic rings. The lowest BCUT2D eigenvalue weighted by Gasteiger charge is -2.21. The molecule has 1 amide bonds. The number of carbonyl (C=O) groups excluding carboxylic acids is 1. The summed E-state index contributed by atoms with van der Waals surface area (Å²) in [6.07, 6.45) is 1.67. The standard InChI is InChI=1S/C14H14BrNO5/c15-9-5-8(6-10-12(9)21-4-3-20-10)13(17)16-11(14(18)19)7-1-2-7/h5-7,11H,1-4H2,(H,16,17)(H,18,19). The SMILES string of the molecule is O=C(NC(C(=O)O)C1CC1)c1cc(Br)c2c(c1)OCCO2. The highest BCUT2D eigenvalue weighted by Gasteiger charge is 2.37. The molecule has 1 aliphatic carbocycles. The van der Waals surface area contributed by atoms with Gasteiger partial charge < -0.3 is 19.9 Å². The van der Waals surface area contributed by atoms with Gasteiger partial charge in [0, 0.05) is 5.56 Å². The molecule has 1 aromatic carbocycles. The summed E-state index contributed by atoms with van der Waals surface area (Å²) in [5.74, 6) is -0.338. The monoisotopic (exact) mass is 355 g/mol. The zero-order valence-corrected chi connectivity index (χ0v) is 12.7. The van der Waals surface area contributed by atoms with Gasteiger partial charge in [0.05, 0.1) is 4.47 Å². The van der Waals surface area contributed by atoms with Gasteiger partial charge in [0.1, 0.15) is 19.3 Å². The second-order valence-corrected chi connectivity index (χ2v) is 5.96. The Bertz CT molecular complexity index is 599. The molecule has 0 aromatic heterocycles. The van der Waals surface area contributed by atoms with Gasteiger partial charge >= 0.3 is 5.97 Å². The summed E-state index contributed by atoms with van der Waals surface area (Å²) < 4.78 is 11.5. The second-order valence-electron chi connectivity index (χ2n) is 5.11. The van der Waals surface area contributed by atoms with Crippen molar-refractivity contribution in [1.29, 1.82) is 0 Å². The molecule has 0 radical (unpaired) electrons. The van der Waals surface area contributed by atoms with Crippen LogP contribution in [0.5, 0.6) is 11.5 Å². The maximum Gasteiger partial charge on any atom is 0.326 e. The van der Waals surface area contributed by atoms with Gasteiger partial charge in [0.2, 0.25) is 0 Å². The molecule has 2 N–H and O–H groups in total. The molecule has 1 heterocycles. The van der Waals surface area contributed by atoms with Crippen molar-refractivity contribution < 1.29 is 24.2 Å². The number of carbonyl (C=O) groups is 2. The number of carboxylic acids is 1. The van der Waals surface area contributed by atoms with Crippen molar-refractivity contribution in [2.45, 2.75) is 18.9 Å². The molecular formula is C14H14BrNO5. The zero-order chi connectivity index (χ0) is 15.0. The molecule has 1 fully saturated rings. The molecule has 21 heavy (non-hydrogen) atoms. The fraction of sp³-hybridized carbons (Fsp3) is 0.429. The zero-order valence-electron chi connectivity index (χ0n) is 11.1. The number of aliphatic carboxylic acids is 1. The highest BCUT2D eigenvalue weighted by Crippen LogP contribution is 2.39. The Morgan fingerprint density at radius 2 is 2.00 bits per heavy atom. The number of hydrogen-bond donors (Lipinski definition) is 2. The quantitative estimate of drug-likeness (QED) is 0.860. The molecular weight excluding hydrogens is 342 g/mol. The maximum atomic E-state index is 12.2. The van der Waals surface area contributed by atoms with Crippen LogP contribution in [-0.2, 0) is 4.79 Å². The first-order valence-corrected chi connectivity index (χ1v) is 7.48. The highest BCUT2D eigenvalue weighted by atomic mass is 79.9. The summed E-state index contributed by atoms with van der Waals surface area (Å²) in [7, 11) is 0. The van der Waals surface area contributed by atoms with E-state index in [0.717, 1.165) is 12.8 Å². The number of ether oxygens (including phenoxy) is 2. The number of rotatable bonds is 4. The van der Waals surface area contributed by atoms with E-state index in [-0.39, 0.29) is 5.92 Å². The van der Waals surface area contributed by atoms with E-state index >= 15 is 0 Å². The van der Waals surface area contributed by atoms with Crippen LogP contribution in [0.4, 0.5) is 0 Å². The van der Waals surface area contributed by atoms with Crippen molar-refractivity contribution in [3.63, 3.8) is 0 Å². The number of amides is 1. The van der Waals surface area contributed by atoms with Crippen LogP contribution in [-0.4, -0.2) is 36.2 Å². The van der Waals surface area contributed by atoms with Gasteiger partial charge in [-0.3, -0.25) is 4.79 Å². The molecule has 0 spiro atoms. The summed E-state index contributed by atoms with van der Waals surface area (Å²) >= 11 is 3.34. The van der Waals surface area contributed by atoms with Crippen molar-refractivity contribution in [3.8, 4) is 11.5 Å². The normalized spacial score (nSPS) is 18.0. The third-order valence-corrected chi connectivity index (χ3v) is 4.09. The molecule has 0 bridgehead atoms. The van der Waals surface area contributed by atoms with Crippen LogP contribution >= 0.6 is 15.9 Å². The second kappa shape index (κ2) is 5.55. The van der Waals surface area contributed by atoms with E-state index in [0.29, 0.717) is 34.7 Å². The third kappa shape index (κ3) is 2.97.